The van der Waals surface area contributed by atoms with Gasteiger partial charge in [-0.1, -0.05) is 0 Å². The molecule has 0 nitrogen and oxygen atoms in total. The second kappa shape index (κ2) is 3.68. The number of hydrogen-bond acceptors (Lipinski definition) is 0. The van der Waals surface area contributed by atoms with Crippen molar-refractivity contribution in [1.29, 1.82) is 0 Å². The van der Waals surface area contributed by atoms with E-state index in [1.54, 1.807) is 6.07 Å². The molecule has 5 heteroatoms. The van der Waals surface area contributed by atoms with Crippen molar-refractivity contribution in [1.82, 2.24) is 0 Å². The van der Waals surface area contributed by atoms with Gasteiger partial charge in [-0.05, 0) is 0 Å². The molecule has 1 aromatic rings. The summed E-state index contributed by atoms with van der Waals surface area (Å²) >= 11 is 23.0. The molecule has 62 valence electrons. The van der Waals surface area contributed by atoms with E-state index in [4.69, 9.17) is 46.4 Å². The van der Waals surface area contributed by atoms with Gasteiger partial charge in [-0.25, -0.2) is 0 Å². The van der Waals surface area contributed by atoms with Gasteiger partial charge in [0.2, 0.25) is 0 Å². The summed E-state index contributed by atoms with van der Waals surface area (Å²) in [6.07, 6.45) is 0. The quantitative estimate of drug-likeness (QED) is 0.376. The molecule has 1 rings (SSSR count). The molecule has 0 aromatic heterocycles. The fraction of sp³-hybridized carbons (Fsp3) is 0. The van der Waals surface area contributed by atoms with Crippen LogP contribution in [0.3, 0.4) is 0 Å². The van der Waals surface area contributed by atoms with Crippen LogP contribution < -0.4 is 5.30 Å². The fourth-order valence-corrected chi connectivity index (χ4v) is 2.48. The zero-order valence-corrected chi connectivity index (χ0v) is 10.6. The van der Waals surface area contributed by atoms with Crippen molar-refractivity contribution in [3.05, 3.63) is 26.2 Å². The van der Waals surface area contributed by atoms with Gasteiger partial charge in [0, 0.05) is 0 Å². The summed E-state index contributed by atoms with van der Waals surface area (Å²) in [4.78, 5) is 0. The van der Waals surface area contributed by atoms with E-state index in [1.807, 2.05) is 0 Å². The van der Waals surface area contributed by atoms with E-state index in [2.05, 4.69) is 0 Å². The Labute approximate surface area is 87.0 Å². The summed E-state index contributed by atoms with van der Waals surface area (Å²) in [7, 11) is 0.812. The molecule has 0 unspecified atom stereocenters. The van der Waals surface area contributed by atoms with Crippen LogP contribution in [0.1, 0.15) is 0 Å². The van der Waals surface area contributed by atoms with E-state index in [0.29, 0.717) is 20.1 Å². The molecule has 0 radical (unpaired) electrons. The zero-order chi connectivity index (χ0) is 8.59. The van der Waals surface area contributed by atoms with Gasteiger partial charge in [0.05, 0.1) is 0 Å². The fourth-order valence-electron chi connectivity index (χ4n) is 0.691. The topological polar surface area (TPSA) is 0 Å². The van der Waals surface area contributed by atoms with Crippen LogP contribution in [-0.4, -0.2) is 0 Å². The minimum atomic E-state index is 0.331. The zero-order valence-electron chi connectivity index (χ0n) is 5.59. The second-order valence-electron chi connectivity index (χ2n) is 2.12. The van der Waals surface area contributed by atoms with Crippen molar-refractivity contribution in [2.45, 2.75) is 0 Å². The van der Waals surface area contributed by atoms with Crippen molar-refractivity contribution in [3.8, 4) is 0 Å². The molecular weight excluding hydrogens is 245 g/mol. The Kier molecular flexibility index (Phi) is 3.31. The molecule has 0 aliphatic rings. The predicted molar refractivity (Wildman–Crippen MR) is 58.6 cm³/mol. The van der Waals surface area contributed by atoms with Crippen LogP contribution in [0.15, 0.2) is 6.07 Å². The Hall–Kier alpha value is 0.810. The molecule has 0 bridgehead atoms. The third-order valence-corrected chi connectivity index (χ3v) is 4.24. The number of rotatable bonds is 0. The van der Waals surface area contributed by atoms with Gasteiger partial charge in [0.1, 0.15) is 0 Å². The summed E-state index contributed by atoms with van der Waals surface area (Å²) in [5.41, 5.74) is 0. The van der Waals surface area contributed by atoms with E-state index < -0.39 is 0 Å². The van der Waals surface area contributed by atoms with E-state index in [1.165, 1.54) is 0 Å². The van der Waals surface area contributed by atoms with Crippen molar-refractivity contribution >= 4 is 60.9 Å². The molecule has 0 saturated heterocycles. The van der Waals surface area contributed by atoms with E-state index in [-0.39, 0.29) is 0 Å². The van der Waals surface area contributed by atoms with Gasteiger partial charge in [0.15, 0.2) is 0 Å². The molecule has 0 heterocycles. The monoisotopic (exact) mass is 248 g/mol. The molecule has 0 amide bonds. The second-order valence-corrected chi connectivity index (χ2v) is 4.74. The van der Waals surface area contributed by atoms with Gasteiger partial charge < -0.3 is 0 Å². The maximum absolute atomic E-state index is 5.81. The number of benzene rings is 1. The van der Waals surface area contributed by atoms with E-state index in [0.717, 1.165) is 14.5 Å². The van der Waals surface area contributed by atoms with Gasteiger partial charge in [-0.2, -0.15) is 0 Å². The average Bonchev–Trinajstić information content (AvgIpc) is 1.97. The molecule has 0 spiro atoms. The average molecular weight is 250 g/mol. The van der Waals surface area contributed by atoms with E-state index >= 15 is 0 Å². The van der Waals surface area contributed by atoms with Crippen molar-refractivity contribution in [3.63, 3.8) is 0 Å². The van der Waals surface area contributed by atoms with Gasteiger partial charge >= 0.3 is 87.1 Å². The summed E-state index contributed by atoms with van der Waals surface area (Å²) in [5, 5.41) is 2.63. The third kappa shape index (κ3) is 1.94. The molecule has 0 N–H and O–H groups in total. The molecule has 11 heavy (non-hydrogen) atoms. The van der Waals surface area contributed by atoms with Crippen LogP contribution in [-0.2, 0) is 0 Å². The van der Waals surface area contributed by atoms with Crippen LogP contribution in [0.2, 0.25) is 20.1 Å². The summed E-state index contributed by atoms with van der Waals surface area (Å²) in [6, 6.07) is 1.74. The van der Waals surface area contributed by atoms with Crippen molar-refractivity contribution in [2.75, 3.05) is 0 Å². The molecular formula is C6H5Cl4P. The summed E-state index contributed by atoms with van der Waals surface area (Å²) in [5.74, 6) is 0. The Morgan fingerprint density at radius 1 is 0.909 bits per heavy atom. The summed E-state index contributed by atoms with van der Waals surface area (Å²) < 4.78 is 0. The molecule has 0 atom stereocenters. The molecule has 1 aromatic carbocycles. The first-order chi connectivity index (χ1) is 5.04. The Bertz CT molecular complexity index is 271. The van der Waals surface area contributed by atoms with Crippen LogP contribution in [0, 0.1) is 0 Å². The van der Waals surface area contributed by atoms with Crippen molar-refractivity contribution < 1.29 is 0 Å². The predicted octanol–water partition coefficient (Wildman–Crippen LogP) is 3.27. The molecule has 0 fully saturated rings. The standard InChI is InChI=1S/C6H5Cl4P/c7-2-1-3(11)5(9)6(10)4(2)8/h1H,11H4. The molecule has 0 aliphatic carbocycles. The van der Waals surface area contributed by atoms with Gasteiger partial charge in [0.25, 0.3) is 0 Å². The molecule has 0 saturated carbocycles. The van der Waals surface area contributed by atoms with Gasteiger partial charge in [-0.3, -0.25) is 0 Å². The normalized spacial score (nSPS) is 10.4. The first-order valence-electron chi connectivity index (χ1n) is 2.83. The third-order valence-electron chi connectivity index (χ3n) is 1.28. The van der Waals surface area contributed by atoms with Crippen LogP contribution in [0.25, 0.3) is 0 Å². The first kappa shape index (κ1) is 9.89. The Balaban J connectivity index is 3.46. The van der Waals surface area contributed by atoms with Crippen LogP contribution >= 0.6 is 55.6 Å². The Morgan fingerprint density at radius 3 is 2.00 bits per heavy atom. The molecule has 0 aliphatic heterocycles. The Morgan fingerprint density at radius 2 is 1.45 bits per heavy atom. The van der Waals surface area contributed by atoms with Crippen molar-refractivity contribution in [2.24, 2.45) is 0 Å². The van der Waals surface area contributed by atoms with Crippen LogP contribution in [0.5, 0.6) is 0 Å². The summed E-state index contributed by atoms with van der Waals surface area (Å²) in [6.45, 7) is 0. The maximum atomic E-state index is 5.81. The SMILES string of the molecule is [PH4]c1cc(Cl)c(Cl)c(Cl)c1Cl. The first-order valence-corrected chi connectivity index (χ1v) is 5.35. The van der Waals surface area contributed by atoms with Gasteiger partial charge in [-0.15, -0.1) is 0 Å². The number of halogens is 4. The van der Waals surface area contributed by atoms with E-state index in [9.17, 15) is 0 Å². The minimum absolute atomic E-state index is 0.331. The number of hydrogen-bond donors (Lipinski definition) is 0. The van der Waals surface area contributed by atoms with Crippen LogP contribution in [0.4, 0.5) is 0 Å².